The first-order valence-electron chi connectivity index (χ1n) is 15.6. The second-order valence-electron chi connectivity index (χ2n) is 10.8. The number of ether oxygens (including phenoxy) is 5. The fourth-order valence-electron chi connectivity index (χ4n) is 5.77. The zero-order valence-corrected chi connectivity index (χ0v) is 27.3. The van der Waals surface area contributed by atoms with Crippen molar-refractivity contribution < 1.29 is 42.9 Å². The summed E-state index contributed by atoms with van der Waals surface area (Å²) in [5.74, 6) is -1.70. The van der Waals surface area contributed by atoms with Gasteiger partial charge in [0.1, 0.15) is 0 Å². The molecule has 2 aliphatic rings. The van der Waals surface area contributed by atoms with E-state index in [9.17, 15) is 19.2 Å². The summed E-state index contributed by atoms with van der Waals surface area (Å²) in [5, 5.41) is 3.34. The van der Waals surface area contributed by atoms with Gasteiger partial charge in [0.15, 0.2) is 11.5 Å². The molecule has 11 heteroatoms. The van der Waals surface area contributed by atoms with Crippen molar-refractivity contribution in [1.29, 1.82) is 0 Å². The third kappa shape index (κ3) is 6.73. The van der Waals surface area contributed by atoms with Crippen molar-refractivity contribution in [3.05, 3.63) is 75.6 Å². The number of rotatable bonds is 15. The Bertz CT molecular complexity index is 1500. The Morgan fingerprint density at radius 3 is 1.76 bits per heavy atom. The van der Waals surface area contributed by atoms with Gasteiger partial charge in [-0.05, 0) is 61.9 Å². The summed E-state index contributed by atoms with van der Waals surface area (Å²) >= 11 is 0. The number of carbonyl (C=O) groups is 4. The summed E-state index contributed by atoms with van der Waals surface area (Å²) in [6.07, 6.45) is 2.28. The van der Waals surface area contributed by atoms with Gasteiger partial charge in [0.2, 0.25) is 5.75 Å². The second kappa shape index (κ2) is 15.5. The first kappa shape index (κ1) is 34.1. The van der Waals surface area contributed by atoms with E-state index in [1.165, 1.54) is 26.2 Å². The van der Waals surface area contributed by atoms with E-state index in [-0.39, 0.29) is 49.1 Å². The van der Waals surface area contributed by atoms with Gasteiger partial charge < -0.3 is 29.0 Å². The van der Waals surface area contributed by atoms with E-state index in [1.807, 2.05) is 20.8 Å². The Morgan fingerprint density at radius 1 is 0.783 bits per heavy atom. The van der Waals surface area contributed by atoms with Crippen molar-refractivity contribution >= 4 is 23.8 Å². The highest BCUT2D eigenvalue weighted by Crippen LogP contribution is 2.46. The van der Waals surface area contributed by atoms with Crippen LogP contribution in [-0.2, 0) is 19.1 Å². The first-order chi connectivity index (χ1) is 22.3. The molecule has 0 radical (unpaired) electrons. The van der Waals surface area contributed by atoms with Crippen molar-refractivity contribution in [3.63, 3.8) is 0 Å². The average Bonchev–Trinajstić information content (AvgIpc) is 3.32. The molecule has 2 amide bonds. The lowest BCUT2D eigenvalue weighted by Crippen LogP contribution is -2.35. The smallest absolute Gasteiger partial charge is 0.336 e. The molecule has 2 aromatic carbocycles. The van der Waals surface area contributed by atoms with Crippen molar-refractivity contribution in [2.75, 3.05) is 41.1 Å². The van der Waals surface area contributed by atoms with E-state index in [1.54, 1.807) is 36.4 Å². The van der Waals surface area contributed by atoms with E-state index in [4.69, 9.17) is 23.7 Å². The lowest BCUT2D eigenvalue weighted by atomic mass is 9.78. The van der Waals surface area contributed by atoms with Crippen LogP contribution in [-0.4, -0.2) is 69.7 Å². The monoisotopic (exact) mass is 634 g/mol. The van der Waals surface area contributed by atoms with Crippen LogP contribution < -0.4 is 19.5 Å². The molecule has 246 valence electrons. The number of hydrogen-bond acceptors (Lipinski definition) is 10. The number of amides is 2. The Labute approximate surface area is 269 Å². The molecule has 4 rings (SSSR count). The number of benzene rings is 2. The Balaban J connectivity index is 1.82. The van der Waals surface area contributed by atoms with Gasteiger partial charge >= 0.3 is 11.9 Å². The van der Waals surface area contributed by atoms with Crippen LogP contribution in [0.25, 0.3) is 0 Å². The normalized spacial score (nSPS) is 15.9. The summed E-state index contributed by atoms with van der Waals surface area (Å²) < 4.78 is 28.1. The largest absolute Gasteiger partial charge is 0.493 e. The highest BCUT2D eigenvalue weighted by Gasteiger charge is 2.41. The SMILES string of the molecule is CCCOC(=O)C1=C(CC)NC(CCCN2C(=O)c3ccccc3C2=O)=C(C(=O)OCCC)C1c1cc(OC)c(OC)c(OC)c1. The lowest BCUT2D eigenvalue weighted by molar-refractivity contribution is -0.140. The molecule has 0 saturated heterocycles. The van der Waals surface area contributed by atoms with E-state index in [2.05, 4.69) is 5.32 Å². The summed E-state index contributed by atoms with van der Waals surface area (Å²) in [5.41, 5.74) is 2.90. The molecule has 0 aliphatic carbocycles. The molecule has 0 saturated carbocycles. The maximum atomic E-state index is 13.9. The van der Waals surface area contributed by atoms with E-state index in [0.717, 1.165) is 0 Å². The second-order valence-corrected chi connectivity index (χ2v) is 10.8. The molecule has 1 N–H and O–H groups in total. The van der Waals surface area contributed by atoms with Crippen molar-refractivity contribution in [2.24, 2.45) is 0 Å². The van der Waals surface area contributed by atoms with Crippen molar-refractivity contribution in [2.45, 2.75) is 58.8 Å². The van der Waals surface area contributed by atoms with Gasteiger partial charge in [0.05, 0.1) is 62.7 Å². The fraction of sp³-hybridized carbons (Fsp3) is 0.429. The number of hydrogen-bond donors (Lipinski definition) is 1. The number of nitrogens with zero attached hydrogens (tertiary/aromatic N) is 1. The van der Waals surface area contributed by atoms with Gasteiger partial charge in [-0.15, -0.1) is 0 Å². The maximum absolute atomic E-state index is 13.9. The van der Waals surface area contributed by atoms with Crippen LogP contribution in [0.1, 0.15) is 85.1 Å². The Kier molecular flexibility index (Phi) is 11.5. The minimum atomic E-state index is -0.909. The van der Waals surface area contributed by atoms with Crippen LogP contribution in [0.2, 0.25) is 0 Å². The highest BCUT2D eigenvalue weighted by atomic mass is 16.5. The minimum absolute atomic E-state index is 0.139. The number of allylic oxidation sites excluding steroid dienone is 2. The van der Waals surface area contributed by atoms with Crippen LogP contribution in [0.3, 0.4) is 0 Å². The number of methoxy groups -OCH3 is 3. The zero-order chi connectivity index (χ0) is 33.4. The van der Waals surface area contributed by atoms with Gasteiger partial charge in [-0.1, -0.05) is 32.9 Å². The number of esters is 2. The van der Waals surface area contributed by atoms with E-state index in [0.29, 0.717) is 71.0 Å². The van der Waals surface area contributed by atoms with Crippen LogP contribution in [0.4, 0.5) is 0 Å². The fourth-order valence-corrected chi connectivity index (χ4v) is 5.77. The van der Waals surface area contributed by atoms with Crippen LogP contribution >= 0.6 is 0 Å². The highest BCUT2D eigenvalue weighted by molar-refractivity contribution is 6.21. The zero-order valence-electron chi connectivity index (χ0n) is 27.3. The van der Waals surface area contributed by atoms with Gasteiger partial charge in [-0.3, -0.25) is 14.5 Å². The van der Waals surface area contributed by atoms with Gasteiger partial charge in [-0.25, -0.2) is 9.59 Å². The number of dihydropyridines is 1. The number of fused-ring (bicyclic) bond motifs is 1. The Morgan fingerprint density at radius 2 is 1.30 bits per heavy atom. The van der Waals surface area contributed by atoms with E-state index < -0.39 is 17.9 Å². The molecule has 2 aliphatic heterocycles. The van der Waals surface area contributed by atoms with Crippen LogP contribution in [0, 0.1) is 0 Å². The summed E-state index contributed by atoms with van der Waals surface area (Å²) in [6.45, 7) is 6.21. The number of nitrogens with one attached hydrogen (secondary N) is 1. The minimum Gasteiger partial charge on any atom is -0.493 e. The number of carbonyl (C=O) groups excluding carboxylic acids is 4. The third-order valence-corrected chi connectivity index (χ3v) is 7.90. The summed E-state index contributed by atoms with van der Waals surface area (Å²) in [7, 11) is 4.47. The molecule has 11 nitrogen and oxygen atoms in total. The lowest BCUT2D eigenvalue weighted by Gasteiger charge is -2.33. The summed E-state index contributed by atoms with van der Waals surface area (Å²) in [6, 6.07) is 10.2. The molecule has 46 heavy (non-hydrogen) atoms. The van der Waals surface area contributed by atoms with Gasteiger partial charge in [0, 0.05) is 17.9 Å². The Hall–Kier alpha value is -4.80. The van der Waals surface area contributed by atoms with Gasteiger partial charge in [0.25, 0.3) is 11.8 Å². The number of imide groups is 1. The standard InChI is InChI=1S/C35H42N2O9/c1-7-17-45-34(40)29-24(9-3)36-25(15-12-16-37-32(38)22-13-10-11-14-23(22)33(37)39)30(35(41)46-18-8-2)28(29)21-19-26(42-4)31(44-6)27(20-21)43-5/h10-11,13-14,19-20,28,36H,7-9,12,15-18H2,1-6H3. The molecular weight excluding hydrogens is 592 g/mol. The van der Waals surface area contributed by atoms with Crippen molar-refractivity contribution in [1.82, 2.24) is 10.2 Å². The molecule has 0 spiro atoms. The molecule has 2 heterocycles. The first-order valence-corrected chi connectivity index (χ1v) is 15.6. The topological polar surface area (TPSA) is 130 Å². The molecule has 0 bridgehead atoms. The molecule has 2 aromatic rings. The predicted molar refractivity (Wildman–Crippen MR) is 170 cm³/mol. The van der Waals surface area contributed by atoms with Crippen LogP contribution in [0.15, 0.2) is 58.9 Å². The van der Waals surface area contributed by atoms with Crippen molar-refractivity contribution in [3.8, 4) is 17.2 Å². The third-order valence-electron chi connectivity index (χ3n) is 7.90. The van der Waals surface area contributed by atoms with E-state index >= 15 is 0 Å². The molecule has 0 fully saturated rings. The maximum Gasteiger partial charge on any atom is 0.336 e. The molecular formula is C35H42N2O9. The summed E-state index contributed by atoms with van der Waals surface area (Å²) in [4.78, 5) is 54.9. The average molecular weight is 635 g/mol. The van der Waals surface area contributed by atoms with Gasteiger partial charge in [-0.2, -0.15) is 0 Å². The predicted octanol–water partition coefficient (Wildman–Crippen LogP) is 5.30. The molecule has 0 aromatic heterocycles. The van der Waals surface area contributed by atoms with Crippen LogP contribution in [0.5, 0.6) is 17.2 Å². The molecule has 1 unspecified atom stereocenters. The molecule has 1 atom stereocenters. The quantitative estimate of drug-likeness (QED) is 0.204.